The van der Waals surface area contributed by atoms with Crippen LogP contribution in [0, 0.1) is 0 Å². The van der Waals surface area contributed by atoms with E-state index in [-0.39, 0.29) is 5.95 Å². The van der Waals surface area contributed by atoms with Gasteiger partial charge in [0.2, 0.25) is 5.95 Å². The van der Waals surface area contributed by atoms with Crippen LogP contribution in [0.3, 0.4) is 0 Å². The van der Waals surface area contributed by atoms with E-state index in [9.17, 15) is 13.2 Å². The Bertz CT molecular complexity index is 632. The predicted molar refractivity (Wildman–Crippen MR) is 81.6 cm³/mol. The van der Waals surface area contributed by atoms with Gasteiger partial charge in [0.15, 0.2) is 0 Å². The number of anilines is 2. The quantitative estimate of drug-likeness (QED) is 0.904. The lowest BCUT2D eigenvalue weighted by atomic mass is 9.90. The fourth-order valence-corrected chi connectivity index (χ4v) is 2.66. The number of nitrogens with one attached hydrogen (secondary N) is 2. The summed E-state index contributed by atoms with van der Waals surface area (Å²) in [6, 6.07) is 7.89. The van der Waals surface area contributed by atoms with E-state index in [0.29, 0.717) is 5.92 Å². The number of piperidine rings is 1. The third-order valence-electron chi connectivity index (χ3n) is 3.96. The van der Waals surface area contributed by atoms with Crippen LogP contribution < -0.4 is 10.6 Å². The second-order valence-corrected chi connectivity index (χ2v) is 5.56. The van der Waals surface area contributed by atoms with Crippen LogP contribution in [0.1, 0.15) is 29.9 Å². The highest BCUT2D eigenvalue weighted by molar-refractivity contribution is 5.53. The summed E-state index contributed by atoms with van der Waals surface area (Å²) >= 11 is 0. The smallest absolute Gasteiger partial charge is 0.324 e. The maximum Gasteiger partial charge on any atom is 0.419 e. The molecule has 0 spiro atoms. The van der Waals surface area contributed by atoms with Gasteiger partial charge in [0.25, 0.3) is 0 Å². The van der Waals surface area contributed by atoms with Gasteiger partial charge in [-0.2, -0.15) is 13.2 Å². The van der Waals surface area contributed by atoms with Crippen molar-refractivity contribution in [2.45, 2.75) is 24.9 Å². The molecule has 0 radical (unpaired) electrons. The van der Waals surface area contributed by atoms with Gasteiger partial charge in [-0.3, -0.25) is 0 Å². The lowest BCUT2D eigenvalue weighted by Gasteiger charge is -2.23. The Morgan fingerprint density at radius 2 is 1.61 bits per heavy atom. The molecule has 1 aliphatic rings. The molecule has 2 heterocycles. The topological polar surface area (TPSA) is 49.8 Å². The van der Waals surface area contributed by atoms with Gasteiger partial charge < -0.3 is 10.6 Å². The SMILES string of the molecule is FC(F)(F)c1cnc(Nc2ccc(C3CCNCC3)cc2)nc1. The highest BCUT2D eigenvalue weighted by Gasteiger charge is 2.31. The number of hydrogen-bond acceptors (Lipinski definition) is 4. The Kier molecular flexibility index (Phi) is 4.47. The number of nitrogens with zero attached hydrogens (tertiary/aromatic N) is 2. The molecular formula is C16H17F3N4. The Labute approximate surface area is 132 Å². The van der Waals surface area contributed by atoms with Crippen LogP contribution >= 0.6 is 0 Å². The van der Waals surface area contributed by atoms with Crippen molar-refractivity contribution in [1.29, 1.82) is 0 Å². The van der Waals surface area contributed by atoms with E-state index in [0.717, 1.165) is 44.0 Å². The summed E-state index contributed by atoms with van der Waals surface area (Å²) in [4.78, 5) is 7.40. The molecule has 1 saturated heterocycles. The van der Waals surface area contributed by atoms with Crippen molar-refractivity contribution in [1.82, 2.24) is 15.3 Å². The third kappa shape index (κ3) is 3.98. The normalized spacial score (nSPS) is 16.3. The first kappa shape index (κ1) is 15.7. The lowest BCUT2D eigenvalue weighted by Crippen LogP contribution is -2.26. The zero-order valence-electron chi connectivity index (χ0n) is 12.4. The molecule has 4 nitrogen and oxygen atoms in total. The Hall–Kier alpha value is -2.15. The maximum absolute atomic E-state index is 12.5. The highest BCUT2D eigenvalue weighted by Crippen LogP contribution is 2.29. The van der Waals surface area contributed by atoms with Crippen molar-refractivity contribution in [3.05, 3.63) is 47.8 Å². The summed E-state index contributed by atoms with van der Waals surface area (Å²) in [6.07, 6.45) is -0.629. The standard InChI is InChI=1S/C16H17F3N4/c17-16(18,19)13-9-21-15(22-10-13)23-14-3-1-11(2-4-14)12-5-7-20-8-6-12/h1-4,9-10,12,20H,5-8H2,(H,21,22,23). The van der Waals surface area contributed by atoms with Crippen molar-refractivity contribution in [3.8, 4) is 0 Å². The Morgan fingerprint density at radius 3 is 2.17 bits per heavy atom. The van der Waals surface area contributed by atoms with Gasteiger partial charge in [0, 0.05) is 18.1 Å². The molecule has 1 aromatic carbocycles. The summed E-state index contributed by atoms with van der Waals surface area (Å²) in [5, 5.41) is 6.25. The van der Waals surface area contributed by atoms with Crippen LogP contribution in [-0.4, -0.2) is 23.1 Å². The van der Waals surface area contributed by atoms with Crippen LogP contribution in [0.15, 0.2) is 36.7 Å². The minimum Gasteiger partial charge on any atom is -0.324 e. The summed E-state index contributed by atoms with van der Waals surface area (Å²) in [6.45, 7) is 2.06. The van der Waals surface area contributed by atoms with E-state index < -0.39 is 11.7 Å². The molecule has 1 aliphatic heterocycles. The van der Waals surface area contributed by atoms with Crippen molar-refractivity contribution in [3.63, 3.8) is 0 Å². The fraction of sp³-hybridized carbons (Fsp3) is 0.375. The molecule has 0 atom stereocenters. The van der Waals surface area contributed by atoms with Gasteiger partial charge >= 0.3 is 6.18 Å². The average molecular weight is 322 g/mol. The first-order chi connectivity index (χ1) is 11.0. The second-order valence-electron chi connectivity index (χ2n) is 5.56. The monoisotopic (exact) mass is 322 g/mol. The summed E-state index contributed by atoms with van der Waals surface area (Å²) in [5.74, 6) is 0.709. The molecule has 0 amide bonds. The molecule has 122 valence electrons. The van der Waals surface area contributed by atoms with Crippen LogP contribution in [-0.2, 0) is 6.18 Å². The number of hydrogen-bond donors (Lipinski definition) is 2. The van der Waals surface area contributed by atoms with Gasteiger partial charge in [0.05, 0.1) is 5.56 Å². The van der Waals surface area contributed by atoms with E-state index in [2.05, 4.69) is 20.6 Å². The summed E-state index contributed by atoms with van der Waals surface area (Å²) in [7, 11) is 0. The summed E-state index contributed by atoms with van der Waals surface area (Å²) < 4.78 is 37.4. The maximum atomic E-state index is 12.5. The molecule has 7 heteroatoms. The minimum atomic E-state index is -4.42. The number of rotatable bonds is 3. The Morgan fingerprint density at radius 1 is 1.00 bits per heavy atom. The van der Waals surface area contributed by atoms with E-state index in [1.807, 2.05) is 24.3 Å². The molecule has 0 aliphatic carbocycles. The van der Waals surface area contributed by atoms with Crippen LogP contribution in [0.25, 0.3) is 0 Å². The number of benzene rings is 1. The van der Waals surface area contributed by atoms with E-state index >= 15 is 0 Å². The van der Waals surface area contributed by atoms with Crippen molar-refractivity contribution < 1.29 is 13.2 Å². The fourth-order valence-electron chi connectivity index (χ4n) is 2.66. The first-order valence-electron chi connectivity index (χ1n) is 7.49. The molecular weight excluding hydrogens is 305 g/mol. The molecule has 2 aromatic rings. The van der Waals surface area contributed by atoms with Crippen molar-refractivity contribution in [2.24, 2.45) is 0 Å². The Balaban J connectivity index is 1.66. The van der Waals surface area contributed by atoms with Crippen LogP contribution in [0.4, 0.5) is 24.8 Å². The second kappa shape index (κ2) is 6.54. The van der Waals surface area contributed by atoms with E-state index in [4.69, 9.17) is 0 Å². The van der Waals surface area contributed by atoms with Gasteiger partial charge in [-0.25, -0.2) is 9.97 Å². The van der Waals surface area contributed by atoms with Gasteiger partial charge in [-0.1, -0.05) is 12.1 Å². The van der Waals surface area contributed by atoms with Crippen molar-refractivity contribution in [2.75, 3.05) is 18.4 Å². The zero-order valence-corrected chi connectivity index (χ0v) is 12.4. The van der Waals surface area contributed by atoms with E-state index in [1.165, 1.54) is 5.56 Å². The summed E-state index contributed by atoms with van der Waals surface area (Å²) in [5.41, 5.74) is 1.18. The zero-order chi connectivity index (χ0) is 16.3. The van der Waals surface area contributed by atoms with Gasteiger partial charge in [-0.15, -0.1) is 0 Å². The number of halogens is 3. The molecule has 1 fully saturated rings. The molecule has 1 aromatic heterocycles. The molecule has 23 heavy (non-hydrogen) atoms. The largest absolute Gasteiger partial charge is 0.419 e. The molecule has 3 rings (SSSR count). The lowest BCUT2D eigenvalue weighted by molar-refractivity contribution is -0.138. The molecule has 0 bridgehead atoms. The molecule has 0 unspecified atom stereocenters. The number of aromatic nitrogens is 2. The van der Waals surface area contributed by atoms with Crippen LogP contribution in [0.2, 0.25) is 0 Å². The van der Waals surface area contributed by atoms with E-state index in [1.54, 1.807) is 0 Å². The third-order valence-corrected chi connectivity index (χ3v) is 3.96. The van der Waals surface area contributed by atoms with Gasteiger partial charge in [0.1, 0.15) is 0 Å². The molecule has 0 saturated carbocycles. The van der Waals surface area contributed by atoms with Gasteiger partial charge in [-0.05, 0) is 49.5 Å². The average Bonchev–Trinajstić information content (AvgIpc) is 2.56. The minimum absolute atomic E-state index is 0.146. The van der Waals surface area contributed by atoms with Crippen molar-refractivity contribution >= 4 is 11.6 Å². The predicted octanol–water partition coefficient (Wildman–Crippen LogP) is 3.71. The molecule has 2 N–H and O–H groups in total. The van der Waals surface area contributed by atoms with Crippen LogP contribution in [0.5, 0.6) is 0 Å². The number of alkyl halides is 3. The highest BCUT2D eigenvalue weighted by atomic mass is 19.4. The first-order valence-corrected chi connectivity index (χ1v) is 7.49.